The van der Waals surface area contributed by atoms with Gasteiger partial charge in [0.05, 0.1) is 7.11 Å². The highest BCUT2D eigenvalue weighted by atomic mass is 35.5. The van der Waals surface area contributed by atoms with Gasteiger partial charge < -0.3 is 15.8 Å². The highest BCUT2D eigenvalue weighted by Gasteiger charge is 2.40. The van der Waals surface area contributed by atoms with Gasteiger partial charge >= 0.3 is 0 Å². The van der Waals surface area contributed by atoms with Crippen LogP contribution in [-0.4, -0.2) is 29.3 Å². The number of nitrogens with zero attached hydrogens (tertiary/aromatic N) is 2. The molecule has 2 bridgehead atoms. The van der Waals surface area contributed by atoms with Crippen LogP contribution in [0.1, 0.15) is 42.7 Å². The highest BCUT2D eigenvalue weighted by Crippen LogP contribution is 2.42. The van der Waals surface area contributed by atoms with E-state index in [0.717, 1.165) is 42.0 Å². The summed E-state index contributed by atoms with van der Waals surface area (Å²) < 4.78 is 5.26. The van der Waals surface area contributed by atoms with Crippen molar-refractivity contribution in [2.24, 2.45) is 23.5 Å². The Balaban J connectivity index is 0.00000225. The zero-order chi connectivity index (χ0) is 18.8. The van der Waals surface area contributed by atoms with Crippen LogP contribution in [0.4, 0.5) is 5.13 Å². The van der Waals surface area contributed by atoms with Crippen LogP contribution >= 0.6 is 23.7 Å². The van der Waals surface area contributed by atoms with Gasteiger partial charge in [0.15, 0.2) is 0 Å². The molecule has 1 amide bonds. The van der Waals surface area contributed by atoms with E-state index in [1.54, 1.807) is 7.11 Å². The average Bonchev–Trinajstić information content (AvgIpc) is 3.08. The van der Waals surface area contributed by atoms with Gasteiger partial charge in [-0.15, -0.1) is 22.6 Å². The van der Waals surface area contributed by atoms with Crippen molar-refractivity contribution < 1.29 is 9.53 Å². The number of aromatic nitrogens is 2. The zero-order valence-electron chi connectivity index (χ0n) is 16.0. The van der Waals surface area contributed by atoms with Crippen LogP contribution in [0.3, 0.4) is 0 Å². The van der Waals surface area contributed by atoms with Gasteiger partial charge in [0.1, 0.15) is 10.8 Å². The van der Waals surface area contributed by atoms with Gasteiger partial charge in [-0.05, 0) is 55.2 Å². The number of halogens is 1. The third-order valence-corrected chi connectivity index (χ3v) is 6.81. The van der Waals surface area contributed by atoms with E-state index in [9.17, 15) is 4.79 Å². The minimum absolute atomic E-state index is 0. The first-order chi connectivity index (χ1) is 13.1. The first kappa shape index (κ1) is 21.0. The molecule has 2 aliphatic carbocycles. The third kappa shape index (κ3) is 4.64. The van der Waals surface area contributed by atoms with E-state index in [2.05, 4.69) is 15.5 Å². The van der Waals surface area contributed by atoms with Crippen molar-refractivity contribution in [3.05, 3.63) is 34.8 Å². The summed E-state index contributed by atoms with van der Waals surface area (Å²) in [5, 5.41) is 12.8. The second-order valence-electron chi connectivity index (χ2n) is 7.72. The second-order valence-corrected chi connectivity index (χ2v) is 8.78. The van der Waals surface area contributed by atoms with Gasteiger partial charge in [-0.1, -0.05) is 29.9 Å². The normalized spacial score (nSPS) is 26.2. The fraction of sp³-hybridized carbons (Fsp3) is 0.550. The van der Waals surface area contributed by atoms with Gasteiger partial charge in [-0.3, -0.25) is 4.79 Å². The molecule has 8 heteroatoms. The number of hydrogen-bond donors (Lipinski definition) is 2. The number of methoxy groups -OCH3 is 1. The van der Waals surface area contributed by atoms with Gasteiger partial charge in [-0.2, -0.15) is 0 Å². The van der Waals surface area contributed by atoms with Crippen molar-refractivity contribution >= 4 is 34.8 Å². The van der Waals surface area contributed by atoms with E-state index in [4.69, 9.17) is 10.5 Å². The first-order valence-electron chi connectivity index (χ1n) is 9.64. The van der Waals surface area contributed by atoms with Crippen LogP contribution in [0.2, 0.25) is 0 Å². The van der Waals surface area contributed by atoms with Crippen molar-refractivity contribution in [1.29, 1.82) is 0 Å². The number of nitrogens with one attached hydrogen (secondary N) is 1. The predicted octanol–water partition coefficient (Wildman–Crippen LogP) is 3.65. The summed E-state index contributed by atoms with van der Waals surface area (Å²) in [7, 11) is 1.66. The van der Waals surface area contributed by atoms with E-state index < -0.39 is 0 Å². The number of rotatable bonds is 5. The number of amides is 1. The smallest absolute Gasteiger partial charge is 0.229 e. The molecule has 2 saturated carbocycles. The number of benzene rings is 1. The Morgan fingerprint density at radius 1 is 1.29 bits per heavy atom. The van der Waals surface area contributed by atoms with Crippen LogP contribution in [0, 0.1) is 17.8 Å². The Kier molecular flexibility index (Phi) is 6.91. The molecule has 1 aromatic heterocycles. The third-order valence-electron chi connectivity index (χ3n) is 5.97. The standard InChI is InChI=1S/C20H26N4O2S.ClH/c1-26-16-7-2-4-12(8-16)9-17-23-24-20(27-17)22-19(25)15-10-13-5-3-6-14(11-15)18(13)21;/h2,4,7-8,13-15,18H,3,5-6,9-11,21H2,1H3,(H,22,24,25);1H. The van der Waals surface area contributed by atoms with Crippen LogP contribution in [0.5, 0.6) is 5.75 Å². The lowest BCUT2D eigenvalue weighted by atomic mass is 9.65. The number of fused-ring (bicyclic) bond motifs is 2. The number of carbonyl (C=O) groups is 1. The topological polar surface area (TPSA) is 90.1 Å². The first-order valence-corrected chi connectivity index (χ1v) is 10.5. The molecule has 2 aromatic rings. The number of hydrogen-bond acceptors (Lipinski definition) is 6. The number of carbonyl (C=O) groups excluding carboxylic acids is 1. The van der Waals surface area contributed by atoms with Gasteiger partial charge in [0, 0.05) is 18.4 Å². The lowest BCUT2D eigenvalue weighted by molar-refractivity contribution is -0.122. The molecule has 1 aromatic carbocycles. The highest BCUT2D eigenvalue weighted by molar-refractivity contribution is 7.15. The maximum Gasteiger partial charge on any atom is 0.229 e. The van der Waals surface area contributed by atoms with Gasteiger partial charge in [-0.25, -0.2) is 0 Å². The van der Waals surface area contributed by atoms with Crippen molar-refractivity contribution in [3.63, 3.8) is 0 Å². The summed E-state index contributed by atoms with van der Waals surface area (Å²) in [6.07, 6.45) is 6.04. The van der Waals surface area contributed by atoms with Gasteiger partial charge in [0.25, 0.3) is 0 Å². The van der Waals surface area contributed by atoms with E-state index in [1.165, 1.54) is 17.8 Å². The number of nitrogens with two attached hydrogens (primary N) is 1. The van der Waals surface area contributed by atoms with E-state index >= 15 is 0 Å². The van der Waals surface area contributed by atoms with Crippen molar-refractivity contribution in [2.75, 3.05) is 12.4 Å². The molecule has 2 atom stereocenters. The summed E-state index contributed by atoms with van der Waals surface area (Å²) in [6.45, 7) is 0. The fourth-order valence-electron chi connectivity index (χ4n) is 4.54. The molecule has 2 fully saturated rings. The molecule has 4 rings (SSSR count). The molecule has 0 saturated heterocycles. The Morgan fingerprint density at radius 2 is 2.04 bits per heavy atom. The lowest BCUT2D eigenvalue weighted by Gasteiger charge is -2.43. The Hall–Kier alpha value is -1.70. The molecule has 2 aliphatic rings. The SMILES string of the molecule is COc1cccc(Cc2nnc(NC(=O)C3CC4CCCC(C3)C4N)s2)c1.Cl. The molecule has 3 N–H and O–H groups in total. The monoisotopic (exact) mass is 422 g/mol. The molecule has 2 unspecified atom stereocenters. The molecule has 0 radical (unpaired) electrons. The van der Waals surface area contributed by atoms with E-state index in [1.807, 2.05) is 24.3 Å². The lowest BCUT2D eigenvalue weighted by Crippen LogP contribution is -2.48. The maximum absolute atomic E-state index is 12.7. The summed E-state index contributed by atoms with van der Waals surface area (Å²) in [5.74, 6) is 1.93. The molecule has 0 spiro atoms. The Labute approximate surface area is 175 Å². The largest absolute Gasteiger partial charge is 0.497 e. The quantitative estimate of drug-likeness (QED) is 0.767. The summed E-state index contributed by atoms with van der Waals surface area (Å²) >= 11 is 1.44. The fourth-order valence-corrected chi connectivity index (χ4v) is 5.32. The van der Waals surface area contributed by atoms with Crippen molar-refractivity contribution in [3.8, 4) is 5.75 Å². The minimum Gasteiger partial charge on any atom is -0.497 e. The number of ether oxygens (including phenoxy) is 1. The molecule has 0 aliphatic heterocycles. The Bertz CT molecular complexity index is 801. The van der Waals surface area contributed by atoms with E-state index in [-0.39, 0.29) is 30.3 Å². The van der Waals surface area contributed by atoms with Crippen LogP contribution in [0.15, 0.2) is 24.3 Å². The Morgan fingerprint density at radius 3 is 2.75 bits per heavy atom. The van der Waals surface area contributed by atoms with Crippen LogP contribution in [0.25, 0.3) is 0 Å². The summed E-state index contributed by atoms with van der Waals surface area (Å²) in [6, 6.07) is 8.18. The molecular weight excluding hydrogens is 396 g/mol. The summed E-state index contributed by atoms with van der Waals surface area (Å²) in [4.78, 5) is 12.7. The average molecular weight is 423 g/mol. The van der Waals surface area contributed by atoms with Gasteiger partial charge in [0.2, 0.25) is 11.0 Å². The molecule has 1 heterocycles. The summed E-state index contributed by atoms with van der Waals surface area (Å²) in [5.41, 5.74) is 7.44. The zero-order valence-corrected chi connectivity index (χ0v) is 17.6. The molecular formula is C20H27ClN4O2S. The van der Waals surface area contributed by atoms with Crippen LogP contribution < -0.4 is 15.8 Å². The molecule has 28 heavy (non-hydrogen) atoms. The maximum atomic E-state index is 12.7. The van der Waals surface area contributed by atoms with Crippen LogP contribution in [-0.2, 0) is 11.2 Å². The number of anilines is 1. The van der Waals surface area contributed by atoms with E-state index in [0.29, 0.717) is 23.4 Å². The molecule has 152 valence electrons. The van der Waals surface area contributed by atoms with Crippen molar-refractivity contribution in [1.82, 2.24) is 10.2 Å². The second kappa shape index (κ2) is 9.20. The predicted molar refractivity (Wildman–Crippen MR) is 113 cm³/mol. The van der Waals surface area contributed by atoms with Crippen molar-refractivity contribution in [2.45, 2.75) is 44.6 Å². The molecule has 6 nitrogen and oxygen atoms in total. The minimum atomic E-state index is 0.